The molecule has 1 aliphatic heterocycles. The molecule has 1 heterocycles. The molecule has 1 saturated heterocycles. The summed E-state index contributed by atoms with van der Waals surface area (Å²) in [4.78, 5) is 27.6. The molecule has 5 aliphatic carbocycles. The van der Waals surface area contributed by atoms with Crippen LogP contribution in [0.3, 0.4) is 0 Å². The first-order valence-electron chi connectivity index (χ1n) is 17.4. The van der Waals surface area contributed by atoms with E-state index in [1.807, 2.05) is 27.7 Å². The van der Waals surface area contributed by atoms with E-state index in [2.05, 4.69) is 26.8 Å². The molecule has 0 unspecified atom stereocenters. The zero-order chi connectivity index (χ0) is 34.0. The molecule has 0 aromatic rings. The number of aliphatic hydroxyl groups excluding tert-OH is 6. The Morgan fingerprint density at radius 3 is 2.20 bits per heavy atom. The van der Waals surface area contributed by atoms with Gasteiger partial charge in [0.1, 0.15) is 30.5 Å². The zero-order valence-corrected chi connectivity index (χ0v) is 28.5. The Morgan fingerprint density at radius 2 is 1.54 bits per heavy atom. The number of carbonyl (C=O) groups is 2. The molecule has 0 aromatic heterocycles. The van der Waals surface area contributed by atoms with E-state index < -0.39 is 77.7 Å². The topological polar surface area (TPSA) is 174 Å². The Hall–Kier alpha value is -1.40. The van der Waals surface area contributed by atoms with Gasteiger partial charge in [-0.05, 0) is 84.9 Å². The Labute approximate surface area is 272 Å². The number of allylic oxidation sites excluding steroid dienone is 1. The number of ether oxygens (including phenoxy) is 2. The molecule has 14 atom stereocenters. The number of hydrogen-bond donors (Lipinski definition) is 6. The van der Waals surface area contributed by atoms with Crippen LogP contribution >= 0.6 is 0 Å². The van der Waals surface area contributed by atoms with Gasteiger partial charge in [-0.2, -0.15) is 0 Å². The van der Waals surface area contributed by atoms with Crippen molar-refractivity contribution in [1.82, 2.24) is 0 Å². The second-order valence-corrected chi connectivity index (χ2v) is 17.8. The molecular formula is C36H56O10. The number of esters is 1. The lowest BCUT2D eigenvalue weighted by molar-refractivity contribution is -0.298. The van der Waals surface area contributed by atoms with E-state index in [-0.39, 0.29) is 33.9 Å². The van der Waals surface area contributed by atoms with E-state index in [9.17, 15) is 40.2 Å². The molecule has 46 heavy (non-hydrogen) atoms. The maximum absolute atomic E-state index is 14.4. The van der Waals surface area contributed by atoms with Gasteiger partial charge in [-0.25, -0.2) is 0 Å². The van der Waals surface area contributed by atoms with Crippen molar-refractivity contribution in [3.05, 3.63) is 11.6 Å². The van der Waals surface area contributed by atoms with Gasteiger partial charge >= 0.3 is 5.97 Å². The number of hydrogen-bond acceptors (Lipinski definition) is 10. The highest BCUT2D eigenvalue weighted by Crippen LogP contribution is 2.75. The summed E-state index contributed by atoms with van der Waals surface area (Å²) in [6.45, 7) is 14.3. The van der Waals surface area contributed by atoms with Crippen LogP contribution < -0.4 is 0 Å². The molecule has 0 amide bonds. The maximum atomic E-state index is 14.4. The average molecular weight is 649 g/mol. The van der Waals surface area contributed by atoms with Crippen LogP contribution in [-0.2, 0) is 19.1 Å². The van der Waals surface area contributed by atoms with Crippen molar-refractivity contribution in [2.75, 3.05) is 6.61 Å². The van der Waals surface area contributed by atoms with Crippen molar-refractivity contribution >= 4 is 11.8 Å². The van der Waals surface area contributed by atoms with Gasteiger partial charge in [0.15, 0.2) is 5.78 Å². The predicted molar refractivity (Wildman–Crippen MR) is 167 cm³/mol. The summed E-state index contributed by atoms with van der Waals surface area (Å²) < 4.78 is 11.4. The van der Waals surface area contributed by atoms with Crippen LogP contribution in [0.4, 0.5) is 0 Å². The lowest BCUT2D eigenvalue weighted by atomic mass is 9.33. The molecule has 0 bridgehead atoms. The summed E-state index contributed by atoms with van der Waals surface area (Å²) >= 11 is 0. The monoisotopic (exact) mass is 648 g/mol. The number of ketones is 1. The number of Topliss-reactive ketones (excluding diaryl/α,β-unsaturated/α-hetero) is 1. The van der Waals surface area contributed by atoms with Crippen LogP contribution in [-0.4, -0.2) is 91.9 Å². The van der Waals surface area contributed by atoms with Gasteiger partial charge in [-0.3, -0.25) is 9.59 Å². The van der Waals surface area contributed by atoms with Crippen molar-refractivity contribution in [2.24, 2.45) is 50.2 Å². The molecule has 0 spiro atoms. The zero-order valence-electron chi connectivity index (χ0n) is 28.5. The van der Waals surface area contributed by atoms with Gasteiger partial charge < -0.3 is 40.1 Å². The SMILES string of the molecule is CC1(C)CC[C@]2(C(=O)O[C@@H]3O[C@H](CO)[C@@H](O)[C@H](O)[C@H]3O)CC[C@]3(C)C(=CC[C@@H]4[C@@]5(C)C[C@@H](O)C(=O)C(C)(C)[C@@H]5CC[C@]43C)[C@@H]2[C@@H]1O. The highest BCUT2D eigenvalue weighted by Gasteiger charge is 2.71. The average Bonchev–Trinajstić information content (AvgIpc) is 2.98. The quantitative estimate of drug-likeness (QED) is 0.197. The minimum Gasteiger partial charge on any atom is -0.432 e. The highest BCUT2D eigenvalue weighted by molar-refractivity contribution is 5.89. The van der Waals surface area contributed by atoms with Crippen LogP contribution in [0.25, 0.3) is 0 Å². The van der Waals surface area contributed by atoms with Crippen LogP contribution in [0.15, 0.2) is 11.6 Å². The van der Waals surface area contributed by atoms with Gasteiger partial charge in [0, 0.05) is 11.3 Å². The van der Waals surface area contributed by atoms with E-state index in [0.29, 0.717) is 38.5 Å². The third-order valence-corrected chi connectivity index (χ3v) is 15.0. The minimum atomic E-state index is -1.71. The lowest BCUT2D eigenvalue weighted by Crippen LogP contribution is -2.68. The molecule has 0 aromatic carbocycles. The Morgan fingerprint density at radius 1 is 0.891 bits per heavy atom. The molecule has 0 radical (unpaired) electrons. The lowest BCUT2D eigenvalue weighted by Gasteiger charge is -2.71. The summed E-state index contributed by atoms with van der Waals surface area (Å²) in [5, 5.41) is 64.2. The third-order valence-electron chi connectivity index (χ3n) is 15.0. The van der Waals surface area contributed by atoms with Crippen LogP contribution in [0.5, 0.6) is 0 Å². The highest BCUT2D eigenvalue weighted by atomic mass is 16.7. The fraction of sp³-hybridized carbons (Fsp3) is 0.889. The first-order chi connectivity index (χ1) is 21.2. The minimum absolute atomic E-state index is 0.0650. The standard InChI is InChI=1S/C36H56O10/c1-31(2)12-14-36(30(44)46-29-26(41)25(40)24(39)20(17-37)45-29)15-13-34(6)18(23(36)28(31)43)8-9-22-33(5)16-19(38)27(42)32(3,4)21(33)10-11-35(22,34)7/h8,19-26,28-29,37-41,43H,9-17H2,1-7H3/t19-,20-,21+,22-,23-,24-,25+,26-,28+,29+,33+,34-,35-,36+/m1/s1. The Balaban J connectivity index is 1.39. The molecular weight excluding hydrogens is 592 g/mol. The second-order valence-electron chi connectivity index (χ2n) is 17.8. The molecule has 6 aliphatic rings. The summed E-state index contributed by atoms with van der Waals surface area (Å²) in [7, 11) is 0. The van der Waals surface area contributed by atoms with Gasteiger partial charge in [0.25, 0.3) is 0 Å². The van der Waals surface area contributed by atoms with Crippen LogP contribution in [0.2, 0.25) is 0 Å². The van der Waals surface area contributed by atoms with E-state index in [1.54, 1.807) is 0 Å². The Kier molecular flexibility index (Phi) is 8.09. The number of fused-ring (bicyclic) bond motifs is 7. The van der Waals surface area contributed by atoms with Crippen molar-refractivity contribution in [2.45, 2.75) is 143 Å². The summed E-state index contributed by atoms with van der Waals surface area (Å²) in [6, 6.07) is 0. The molecule has 10 nitrogen and oxygen atoms in total. The van der Waals surface area contributed by atoms with E-state index in [0.717, 1.165) is 18.4 Å². The van der Waals surface area contributed by atoms with E-state index in [1.165, 1.54) is 0 Å². The fourth-order valence-corrected chi connectivity index (χ4v) is 11.9. The van der Waals surface area contributed by atoms with Gasteiger partial charge in [0.2, 0.25) is 6.29 Å². The largest absolute Gasteiger partial charge is 0.432 e. The number of carbonyl (C=O) groups excluding carboxylic acids is 2. The summed E-state index contributed by atoms with van der Waals surface area (Å²) in [5.74, 6) is -0.895. The van der Waals surface area contributed by atoms with Crippen molar-refractivity contribution in [3.63, 3.8) is 0 Å². The van der Waals surface area contributed by atoms with Crippen LogP contribution in [0.1, 0.15) is 99.8 Å². The van der Waals surface area contributed by atoms with E-state index in [4.69, 9.17) is 9.47 Å². The van der Waals surface area contributed by atoms with Crippen LogP contribution in [0, 0.1) is 50.2 Å². The van der Waals surface area contributed by atoms with E-state index >= 15 is 0 Å². The summed E-state index contributed by atoms with van der Waals surface area (Å²) in [6.07, 6.45) is -2.25. The van der Waals surface area contributed by atoms with Crippen molar-refractivity contribution in [1.29, 1.82) is 0 Å². The Bertz CT molecular complexity index is 1290. The first kappa shape index (κ1) is 34.5. The van der Waals surface area contributed by atoms with Crippen molar-refractivity contribution in [3.8, 4) is 0 Å². The molecule has 5 fully saturated rings. The maximum Gasteiger partial charge on any atom is 0.315 e. The first-order valence-corrected chi connectivity index (χ1v) is 17.4. The number of aliphatic hydroxyl groups is 6. The summed E-state index contributed by atoms with van der Waals surface area (Å²) in [5.41, 5.74) is -1.99. The number of rotatable bonds is 3. The molecule has 4 saturated carbocycles. The molecule has 6 N–H and O–H groups in total. The molecule has 260 valence electrons. The fourth-order valence-electron chi connectivity index (χ4n) is 11.9. The molecule has 6 rings (SSSR count). The second kappa shape index (κ2) is 10.8. The molecule has 10 heteroatoms. The predicted octanol–water partition coefficient (Wildman–Crippen LogP) is 2.64. The van der Waals surface area contributed by atoms with Gasteiger partial charge in [-0.15, -0.1) is 0 Å². The van der Waals surface area contributed by atoms with Crippen molar-refractivity contribution < 1.29 is 49.7 Å². The van der Waals surface area contributed by atoms with Gasteiger partial charge in [0.05, 0.1) is 18.1 Å². The normalized spacial score (nSPS) is 52.7. The third kappa shape index (κ3) is 4.39. The van der Waals surface area contributed by atoms with Gasteiger partial charge in [-0.1, -0.05) is 60.1 Å². The smallest absolute Gasteiger partial charge is 0.315 e.